The van der Waals surface area contributed by atoms with Crippen molar-refractivity contribution in [2.75, 3.05) is 19.6 Å². The normalized spacial score (nSPS) is 20.1. The molecule has 1 saturated heterocycles. The van der Waals surface area contributed by atoms with Crippen molar-refractivity contribution in [2.45, 2.75) is 51.4 Å². The van der Waals surface area contributed by atoms with Gasteiger partial charge in [-0.3, -0.25) is 14.6 Å². The molecule has 164 valence electrons. The lowest BCUT2D eigenvalue weighted by Crippen LogP contribution is -2.40. The monoisotopic (exact) mass is 421 g/mol. The quantitative estimate of drug-likeness (QED) is 0.687. The van der Waals surface area contributed by atoms with Gasteiger partial charge in [0.25, 0.3) is 0 Å². The highest BCUT2D eigenvalue weighted by Crippen LogP contribution is 2.28. The van der Waals surface area contributed by atoms with Crippen molar-refractivity contribution in [3.05, 3.63) is 66.0 Å². The average Bonchev–Trinajstić information content (AvgIpc) is 3.25. The molecule has 0 N–H and O–H groups in total. The number of pyridine rings is 1. The third-order valence-electron chi connectivity index (χ3n) is 6.24. The zero-order valence-electron chi connectivity index (χ0n) is 18.0. The molecule has 1 aromatic heterocycles. The highest BCUT2D eigenvalue weighted by molar-refractivity contribution is 5.85. The van der Waals surface area contributed by atoms with Crippen molar-refractivity contribution in [1.29, 1.82) is 0 Å². The first-order valence-corrected chi connectivity index (χ1v) is 11.3. The summed E-state index contributed by atoms with van der Waals surface area (Å²) >= 11 is 0. The maximum absolute atomic E-state index is 13.1. The lowest BCUT2D eigenvalue weighted by molar-refractivity contribution is -0.139. The van der Waals surface area contributed by atoms with E-state index < -0.39 is 0 Å². The van der Waals surface area contributed by atoms with E-state index in [9.17, 15) is 9.59 Å². The maximum atomic E-state index is 13.1. The fourth-order valence-electron chi connectivity index (χ4n) is 4.52. The first-order chi connectivity index (χ1) is 15.2. The molecule has 4 rings (SSSR count). The van der Waals surface area contributed by atoms with Gasteiger partial charge < -0.3 is 14.5 Å². The van der Waals surface area contributed by atoms with E-state index in [1.54, 1.807) is 17.3 Å². The second-order valence-electron chi connectivity index (χ2n) is 8.68. The summed E-state index contributed by atoms with van der Waals surface area (Å²) in [5, 5.41) is 0. The topological polar surface area (TPSA) is 62.7 Å². The van der Waals surface area contributed by atoms with Crippen LogP contribution in [0.25, 0.3) is 0 Å². The lowest BCUT2D eigenvalue weighted by Gasteiger charge is -2.25. The van der Waals surface area contributed by atoms with Crippen LogP contribution in [0.1, 0.15) is 43.2 Å². The van der Waals surface area contributed by atoms with Gasteiger partial charge in [-0.2, -0.15) is 0 Å². The summed E-state index contributed by atoms with van der Waals surface area (Å²) in [5.41, 5.74) is 2.06. The highest BCUT2D eigenvalue weighted by Gasteiger charge is 2.32. The zero-order chi connectivity index (χ0) is 21.5. The summed E-state index contributed by atoms with van der Waals surface area (Å²) < 4.78 is 6.19. The van der Waals surface area contributed by atoms with Crippen LogP contribution in [-0.4, -0.2) is 52.3 Å². The van der Waals surface area contributed by atoms with Gasteiger partial charge in [0, 0.05) is 38.4 Å². The molecule has 31 heavy (non-hydrogen) atoms. The van der Waals surface area contributed by atoms with Crippen LogP contribution in [0.15, 0.2) is 54.9 Å². The molecule has 2 aliphatic rings. The number of hydrogen-bond donors (Lipinski definition) is 0. The Morgan fingerprint density at radius 2 is 1.81 bits per heavy atom. The molecule has 2 amide bonds. The Morgan fingerprint density at radius 3 is 2.55 bits per heavy atom. The summed E-state index contributed by atoms with van der Waals surface area (Å²) in [6.45, 7) is 1.99. The molecule has 2 heterocycles. The van der Waals surface area contributed by atoms with Crippen molar-refractivity contribution in [1.82, 2.24) is 14.8 Å². The molecular weight excluding hydrogens is 390 g/mol. The second-order valence-corrected chi connectivity index (χ2v) is 8.68. The van der Waals surface area contributed by atoms with Crippen LogP contribution in [0.2, 0.25) is 0 Å². The molecule has 6 heteroatoms. The minimum atomic E-state index is -0.233. The van der Waals surface area contributed by atoms with Gasteiger partial charge in [0.05, 0.1) is 19.3 Å². The number of ether oxygens (including phenoxy) is 1. The molecule has 1 aliphatic heterocycles. The van der Waals surface area contributed by atoms with Gasteiger partial charge in [0.1, 0.15) is 0 Å². The SMILES string of the molecule is O=C(CC1CCCC1)N1CC(=O)N(Cc2ccccc2)CC(OCc2cccnc2)C1. The average molecular weight is 422 g/mol. The Balaban J connectivity index is 1.46. The van der Waals surface area contributed by atoms with Crippen molar-refractivity contribution in [3.8, 4) is 0 Å². The zero-order valence-corrected chi connectivity index (χ0v) is 18.0. The number of aromatic nitrogens is 1. The van der Waals surface area contributed by atoms with E-state index in [1.807, 2.05) is 47.4 Å². The van der Waals surface area contributed by atoms with Crippen LogP contribution in [-0.2, 0) is 27.5 Å². The van der Waals surface area contributed by atoms with Crippen LogP contribution in [0.4, 0.5) is 0 Å². The van der Waals surface area contributed by atoms with E-state index in [2.05, 4.69) is 4.98 Å². The molecule has 1 saturated carbocycles. The third kappa shape index (κ3) is 6.14. The van der Waals surface area contributed by atoms with Crippen molar-refractivity contribution in [3.63, 3.8) is 0 Å². The molecule has 0 spiro atoms. The molecule has 1 atom stereocenters. The fraction of sp³-hybridized carbons (Fsp3) is 0.480. The van der Waals surface area contributed by atoms with Gasteiger partial charge in [-0.25, -0.2) is 0 Å². The van der Waals surface area contributed by atoms with Crippen LogP contribution in [0, 0.1) is 5.92 Å². The van der Waals surface area contributed by atoms with Gasteiger partial charge in [0.2, 0.25) is 11.8 Å². The van der Waals surface area contributed by atoms with Crippen molar-refractivity contribution >= 4 is 11.8 Å². The molecule has 2 aromatic rings. The van der Waals surface area contributed by atoms with Crippen LogP contribution in [0.5, 0.6) is 0 Å². The summed E-state index contributed by atoms with van der Waals surface area (Å²) in [7, 11) is 0. The molecule has 1 aliphatic carbocycles. The van der Waals surface area contributed by atoms with Gasteiger partial charge in [0.15, 0.2) is 0 Å². The smallest absolute Gasteiger partial charge is 0.242 e. The van der Waals surface area contributed by atoms with E-state index >= 15 is 0 Å². The molecular formula is C25H31N3O3. The standard InChI is InChI=1S/C25H31N3O3/c29-24(13-20-7-4-5-8-20)28-17-23(31-19-22-11-6-12-26-14-22)16-27(25(30)18-28)15-21-9-2-1-3-10-21/h1-3,6,9-12,14,20,23H,4-5,7-8,13,15-19H2. The Kier molecular flexibility index (Phi) is 7.30. The van der Waals surface area contributed by atoms with E-state index in [4.69, 9.17) is 4.74 Å². The lowest BCUT2D eigenvalue weighted by atomic mass is 10.0. The van der Waals surface area contributed by atoms with Gasteiger partial charge in [-0.05, 0) is 36.0 Å². The molecule has 0 bridgehead atoms. The van der Waals surface area contributed by atoms with Crippen molar-refractivity contribution in [2.24, 2.45) is 5.92 Å². The third-order valence-corrected chi connectivity index (χ3v) is 6.24. The highest BCUT2D eigenvalue weighted by atomic mass is 16.5. The number of benzene rings is 1. The molecule has 1 aromatic carbocycles. The number of amides is 2. The minimum Gasteiger partial charge on any atom is -0.370 e. The summed E-state index contributed by atoms with van der Waals surface area (Å²) in [4.78, 5) is 33.8. The fourth-order valence-corrected chi connectivity index (χ4v) is 4.52. The minimum absolute atomic E-state index is 0.0175. The summed E-state index contributed by atoms with van der Waals surface area (Å²) in [5.74, 6) is 0.522. The molecule has 0 radical (unpaired) electrons. The molecule has 2 fully saturated rings. The maximum Gasteiger partial charge on any atom is 0.242 e. The largest absolute Gasteiger partial charge is 0.370 e. The van der Waals surface area contributed by atoms with Gasteiger partial charge in [-0.1, -0.05) is 49.2 Å². The number of nitrogens with zero attached hydrogens (tertiary/aromatic N) is 3. The van der Waals surface area contributed by atoms with E-state index in [1.165, 1.54) is 12.8 Å². The van der Waals surface area contributed by atoms with Crippen molar-refractivity contribution < 1.29 is 14.3 Å². The Labute approximate surface area is 184 Å². The Bertz CT molecular complexity index is 853. The van der Waals surface area contributed by atoms with Gasteiger partial charge >= 0.3 is 0 Å². The number of rotatable bonds is 7. The first kappa shape index (κ1) is 21.5. The summed E-state index contributed by atoms with van der Waals surface area (Å²) in [6.07, 6.45) is 8.48. The predicted molar refractivity (Wildman–Crippen MR) is 118 cm³/mol. The van der Waals surface area contributed by atoms with Crippen LogP contribution >= 0.6 is 0 Å². The predicted octanol–water partition coefficient (Wildman–Crippen LogP) is 3.42. The van der Waals surface area contributed by atoms with Gasteiger partial charge in [-0.15, -0.1) is 0 Å². The van der Waals surface area contributed by atoms with E-state index in [0.29, 0.717) is 38.6 Å². The molecule has 6 nitrogen and oxygen atoms in total. The second kappa shape index (κ2) is 10.5. The Morgan fingerprint density at radius 1 is 1.03 bits per heavy atom. The summed E-state index contributed by atoms with van der Waals surface area (Å²) in [6, 6.07) is 13.8. The van der Waals surface area contributed by atoms with Crippen LogP contribution in [0.3, 0.4) is 0 Å². The van der Waals surface area contributed by atoms with E-state index in [-0.39, 0.29) is 24.5 Å². The van der Waals surface area contributed by atoms with E-state index in [0.717, 1.165) is 24.0 Å². The molecule has 1 unspecified atom stereocenters. The number of carbonyl (C=O) groups excluding carboxylic acids is 2. The number of hydrogen-bond acceptors (Lipinski definition) is 4. The van der Waals surface area contributed by atoms with Crippen LogP contribution < -0.4 is 0 Å². The number of carbonyl (C=O) groups is 2. The first-order valence-electron chi connectivity index (χ1n) is 11.3. The Hall–Kier alpha value is -2.73.